The van der Waals surface area contributed by atoms with Crippen molar-refractivity contribution in [2.24, 2.45) is 33.4 Å². The molecular formula is C29H33N9O2. The van der Waals surface area contributed by atoms with Gasteiger partial charge >= 0.3 is 0 Å². The molecule has 1 saturated carbocycles. The predicted octanol–water partition coefficient (Wildman–Crippen LogP) is 1.90. The van der Waals surface area contributed by atoms with Crippen LogP contribution in [-0.4, -0.2) is 47.7 Å². The van der Waals surface area contributed by atoms with Gasteiger partial charge in [-0.05, 0) is 90.6 Å². The molecule has 0 aromatic heterocycles. The molecule has 5 rings (SSSR count). The maximum absolute atomic E-state index is 13.0. The van der Waals surface area contributed by atoms with Crippen LogP contribution < -0.4 is 22.5 Å². The number of nitrogens with zero attached hydrogens (tertiary/aromatic N) is 4. The molecule has 3 unspecified atom stereocenters. The van der Waals surface area contributed by atoms with Crippen molar-refractivity contribution in [3.63, 3.8) is 0 Å². The Balaban J connectivity index is 1.52. The van der Waals surface area contributed by atoms with Gasteiger partial charge in [0, 0.05) is 17.3 Å². The van der Waals surface area contributed by atoms with Crippen molar-refractivity contribution >= 4 is 23.3 Å². The van der Waals surface area contributed by atoms with Crippen LogP contribution in [0.15, 0.2) is 53.3 Å². The Hall–Kier alpha value is -4.56. The van der Waals surface area contributed by atoms with Crippen LogP contribution in [0.25, 0.3) is 5.70 Å². The number of primary amides is 1. The molecule has 0 radical (unpaired) electrons. The van der Waals surface area contributed by atoms with Crippen molar-refractivity contribution in [2.75, 3.05) is 13.1 Å². The maximum atomic E-state index is 13.0. The van der Waals surface area contributed by atoms with Gasteiger partial charge in [-0.15, -0.1) is 5.10 Å². The molecule has 206 valence electrons. The molecule has 2 fully saturated rings. The van der Waals surface area contributed by atoms with Crippen LogP contribution in [-0.2, 0) is 23.1 Å². The zero-order chi connectivity index (χ0) is 28.6. The summed E-state index contributed by atoms with van der Waals surface area (Å²) >= 11 is 0. The summed E-state index contributed by atoms with van der Waals surface area (Å²) in [4.78, 5) is 26.8. The lowest BCUT2D eigenvalue weighted by Crippen LogP contribution is -2.47. The smallest absolute Gasteiger partial charge is 0.248 e. The summed E-state index contributed by atoms with van der Waals surface area (Å²) in [6.07, 6.45) is 3.35. The van der Waals surface area contributed by atoms with Crippen LogP contribution in [0.4, 0.5) is 0 Å². The highest BCUT2D eigenvalue weighted by Gasteiger charge is 2.54. The van der Waals surface area contributed by atoms with Gasteiger partial charge in [0.25, 0.3) is 0 Å². The molecule has 40 heavy (non-hydrogen) atoms. The van der Waals surface area contributed by atoms with Crippen LogP contribution >= 0.6 is 0 Å². The van der Waals surface area contributed by atoms with E-state index in [2.05, 4.69) is 28.3 Å². The first kappa shape index (κ1) is 27.0. The van der Waals surface area contributed by atoms with E-state index in [1.807, 2.05) is 24.3 Å². The van der Waals surface area contributed by atoms with Gasteiger partial charge in [-0.25, -0.2) is 0 Å². The molecule has 11 heteroatoms. The molecule has 1 aliphatic heterocycles. The third-order valence-corrected chi connectivity index (χ3v) is 8.54. The van der Waals surface area contributed by atoms with E-state index in [1.165, 1.54) is 0 Å². The number of nitrogens with two attached hydrogens (primary N) is 3. The summed E-state index contributed by atoms with van der Waals surface area (Å²) < 4.78 is 0. The van der Waals surface area contributed by atoms with E-state index in [-0.39, 0.29) is 30.4 Å². The van der Waals surface area contributed by atoms with Gasteiger partial charge in [-0.1, -0.05) is 30.0 Å². The number of carbonyl (C=O) groups excluding carboxylic acids is 2. The fourth-order valence-corrected chi connectivity index (χ4v) is 6.51. The number of hydrogen-bond acceptors (Lipinski definition) is 7. The zero-order valence-corrected chi connectivity index (χ0v) is 22.2. The van der Waals surface area contributed by atoms with Crippen molar-refractivity contribution in [1.82, 2.24) is 10.2 Å². The number of fused-ring (bicyclic) bond motifs is 3. The lowest BCUT2D eigenvalue weighted by atomic mass is 9.68. The quantitative estimate of drug-likeness (QED) is 0.106. The Morgan fingerprint density at radius 3 is 2.35 bits per heavy atom. The van der Waals surface area contributed by atoms with E-state index in [1.54, 1.807) is 17.0 Å². The van der Waals surface area contributed by atoms with E-state index >= 15 is 0 Å². The lowest BCUT2D eigenvalue weighted by molar-refractivity contribution is -0.131. The number of piperidine rings is 1. The second-order valence-corrected chi connectivity index (χ2v) is 10.8. The Labute approximate surface area is 232 Å². The molecule has 0 spiro atoms. The Morgan fingerprint density at radius 1 is 1.10 bits per heavy atom. The summed E-state index contributed by atoms with van der Waals surface area (Å²) in [5, 5.41) is 20.0. The van der Waals surface area contributed by atoms with Gasteiger partial charge in [0.05, 0.1) is 18.0 Å². The number of amides is 2. The number of likely N-dealkylation sites (tertiary alicyclic amines) is 1. The fraction of sp³-hybridized carbons (Fsp3) is 0.379. The van der Waals surface area contributed by atoms with Gasteiger partial charge in [0.2, 0.25) is 11.8 Å². The Bertz CT molecular complexity index is 1410. The normalized spacial score (nSPS) is 24.6. The fourth-order valence-electron chi connectivity index (χ4n) is 6.51. The molecule has 8 N–H and O–H groups in total. The van der Waals surface area contributed by atoms with Crippen molar-refractivity contribution in [2.45, 2.75) is 49.6 Å². The van der Waals surface area contributed by atoms with Crippen molar-refractivity contribution in [3.05, 3.63) is 76.4 Å². The minimum absolute atomic E-state index is 0.0869. The number of carbonyl (C=O) groups is 2. The molecular weight excluding hydrogens is 506 g/mol. The molecule has 1 heterocycles. The lowest BCUT2D eigenvalue weighted by Gasteiger charge is -2.36. The van der Waals surface area contributed by atoms with E-state index in [0.29, 0.717) is 43.0 Å². The van der Waals surface area contributed by atoms with Crippen molar-refractivity contribution in [3.8, 4) is 6.07 Å². The maximum Gasteiger partial charge on any atom is 0.248 e. The van der Waals surface area contributed by atoms with Crippen LogP contribution in [0.2, 0.25) is 0 Å². The number of nitriles is 1. The van der Waals surface area contributed by atoms with E-state index < -0.39 is 11.3 Å². The largest absolute Gasteiger partial charge is 0.399 e. The molecule has 2 aromatic carbocycles. The van der Waals surface area contributed by atoms with E-state index in [9.17, 15) is 14.9 Å². The summed E-state index contributed by atoms with van der Waals surface area (Å²) in [7, 11) is 0. The van der Waals surface area contributed by atoms with Crippen LogP contribution in [0.5, 0.6) is 0 Å². The average Bonchev–Trinajstić information content (AvgIpc) is 3.63. The minimum atomic E-state index is -1.02. The van der Waals surface area contributed by atoms with Crippen molar-refractivity contribution < 1.29 is 9.59 Å². The molecule has 2 aliphatic carbocycles. The second-order valence-electron chi connectivity index (χ2n) is 10.8. The summed E-state index contributed by atoms with van der Waals surface area (Å²) in [6, 6.07) is 13.2. The molecule has 11 nitrogen and oxygen atoms in total. The SMILES string of the molecule is C=C(N)c1ccc2c(c1)CCc1cc(C(N)=O)ccc1C2(CCNCC(=O)N1C(C#N)C[C@@H]2CC21)/C(N)=N/N=N. The number of hydrogen-bond donors (Lipinski definition) is 5. The number of aryl methyl sites for hydroxylation is 2. The Morgan fingerprint density at radius 2 is 1.75 bits per heavy atom. The summed E-state index contributed by atoms with van der Waals surface area (Å²) in [5.41, 5.74) is 29.9. The summed E-state index contributed by atoms with van der Waals surface area (Å²) in [5.74, 6) is -0.0565. The van der Waals surface area contributed by atoms with E-state index in [0.717, 1.165) is 40.7 Å². The minimum Gasteiger partial charge on any atom is -0.399 e. The van der Waals surface area contributed by atoms with E-state index in [4.69, 9.17) is 22.7 Å². The van der Waals surface area contributed by atoms with Crippen LogP contribution in [0, 0.1) is 22.8 Å². The number of amidine groups is 1. The summed E-state index contributed by atoms with van der Waals surface area (Å²) in [6.45, 7) is 4.33. The number of nitrogens with one attached hydrogen (secondary N) is 2. The van der Waals surface area contributed by atoms with Gasteiger partial charge in [0.15, 0.2) is 0 Å². The molecule has 1 saturated heterocycles. The first-order chi connectivity index (χ1) is 19.2. The highest BCUT2D eigenvalue weighted by molar-refractivity contribution is 5.97. The van der Waals surface area contributed by atoms with Crippen LogP contribution in [0.3, 0.4) is 0 Å². The second kappa shape index (κ2) is 10.5. The molecule has 2 aromatic rings. The first-order valence-electron chi connectivity index (χ1n) is 13.3. The van der Waals surface area contributed by atoms with Gasteiger partial charge in [-0.3, -0.25) is 9.59 Å². The molecule has 0 bridgehead atoms. The van der Waals surface area contributed by atoms with Crippen LogP contribution in [0.1, 0.15) is 57.4 Å². The standard InChI is InChI=1S/C29H33N9O2/c1-16(31)17-4-6-23-18(10-17)2-3-19-11-20(27(32)40)5-7-24(19)29(23,28(33)36-37-34)8-9-35-15-26(39)38-22(14-30)12-21-13-25(21)38/h4-7,10-11,21-22,25,35H,1-3,8-9,12-13,15,31H2,(H2,32,40)(H3,33,34,36)/t21-,22?,25?,29?/m1/s1. The third-order valence-electron chi connectivity index (χ3n) is 8.54. The molecule has 4 atom stereocenters. The number of benzene rings is 2. The average molecular weight is 540 g/mol. The van der Waals surface area contributed by atoms with Gasteiger partial charge < -0.3 is 27.4 Å². The monoisotopic (exact) mass is 539 g/mol. The Kier molecular flexibility index (Phi) is 7.12. The van der Waals surface area contributed by atoms with Gasteiger partial charge in [-0.2, -0.15) is 10.8 Å². The topological polar surface area (TPSA) is 200 Å². The highest BCUT2D eigenvalue weighted by Crippen LogP contribution is 2.47. The van der Waals surface area contributed by atoms with Gasteiger partial charge in [0.1, 0.15) is 11.9 Å². The number of rotatable bonds is 9. The zero-order valence-electron chi connectivity index (χ0n) is 22.2. The predicted molar refractivity (Wildman–Crippen MR) is 150 cm³/mol. The molecule has 2 amide bonds. The highest BCUT2D eigenvalue weighted by atomic mass is 16.2. The third kappa shape index (κ3) is 4.60. The first-order valence-corrected chi connectivity index (χ1v) is 13.3. The molecule has 3 aliphatic rings. The van der Waals surface area contributed by atoms with Crippen molar-refractivity contribution in [1.29, 1.82) is 10.8 Å².